The summed E-state index contributed by atoms with van der Waals surface area (Å²) in [6.45, 7) is 2.55. The van der Waals surface area contributed by atoms with Crippen molar-refractivity contribution in [3.63, 3.8) is 0 Å². The zero-order chi connectivity index (χ0) is 17.6. The third-order valence-corrected chi connectivity index (χ3v) is 4.65. The van der Waals surface area contributed by atoms with Crippen LogP contribution in [0.4, 0.5) is 4.39 Å². The van der Waals surface area contributed by atoms with Gasteiger partial charge in [-0.15, -0.1) is 24.0 Å². The number of nitrogens with one attached hydrogen (secondary N) is 1. The second-order valence-corrected chi connectivity index (χ2v) is 6.23. The van der Waals surface area contributed by atoms with Crippen LogP contribution in [0.1, 0.15) is 23.5 Å². The van der Waals surface area contributed by atoms with Gasteiger partial charge in [0, 0.05) is 32.6 Å². The van der Waals surface area contributed by atoms with Crippen LogP contribution in [0.15, 0.2) is 53.5 Å². The number of halogens is 2. The van der Waals surface area contributed by atoms with Crippen LogP contribution in [-0.4, -0.2) is 38.1 Å². The van der Waals surface area contributed by atoms with Crippen molar-refractivity contribution in [1.29, 1.82) is 0 Å². The number of rotatable bonds is 4. The highest BCUT2D eigenvalue weighted by Crippen LogP contribution is 2.28. The third-order valence-electron chi connectivity index (χ3n) is 4.65. The number of aliphatic imine (C=N–C) groups is 1. The van der Waals surface area contributed by atoms with Crippen LogP contribution >= 0.6 is 24.0 Å². The molecule has 0 spiro atoms. The van der Waals surface area contributed by atoms with E-state index >= 15 is 0 Å². The van der Waals surface area contributed by atoms with Gasteiger partial charge in [-0.2, -0.15) is 0 Å². The summed E-state index contributed by atoms with van der Waals surface area (Å²) in [6.07, 6.45) is 1.10. The first-order valence-electron chi connectivity index (χ1n) is 8.53. The van der Waals surface area contributed by atoms with E-state index in [1.807, 2.05) is 12.1 Å². The molecule has 1 aliphatic rings. The van der Waals surface area contributed by atoms with E-state index in [0.29, 0.717) is 12.5 Å². The SMILES string of the molecule is CN=C(NCc1ccc(F)cc1)N1CCC(c2ccc(OC)cc2)C1.I. The molecule has 3 rings (SSSR count). The van der Waals surface area contributed by atoms with E-state index in [-0.39, 0.29) is 29.8 Å². The predicted molar refractivity (Wildman–Crippen MR) is 114 cm³/mol. The van der Waals surface area contributed by atoms with Crippen molar-refractivity contribution in [2.75, 3.05) is 27.2 Å². The highest BCUT2D eigenvalue weighted by Gasteiger charge is 2.26. The van der Waals surface area contributed by atoms with Gasteiger partial charge in [-0.3, -0.25) is 4.99 Å². The van der Waals surface area contributed by atoms with Crippen molar-refractivity contribution < 1.29 is 9.13 Å². The Kier molecular flexibility index (Phi) is 7.68. The number of guanidine groups is 1. The molecule has 4 nitrogen and oxygen atoms in total. The van der Waals surface area contributed by atoms with Crippen molar-refractivity contribution >= 4 is 29.9 Å². The van der Waals surface area contributed by atoms with E-state index in [1.165, 1.54) is 17.7 Å². The van der Waals surface area contributed by atoms with Gasteiger partial charge in [-0.1, -0.05) is 24.3 Å². The number of ether oxygens (including phenoxy) is 1. The maximum atomic E-state index is 13.0. The predicted octanol–water partition coefficient (Wildman–Crippen LogP) is 4.02. The third kappa shape index (κ3) is 5.09. The molecule has 1 atom stereocenters. The normalized spacial score (nSPS) is 17.0. The van der Waals surface area contributed by atoms with E-state index in [2.05, 4.69) is 27.3 Å². The lowest BCUT2D eigenvalue weighted by Crippen LogP contribution is -2.39. The quantitative estimate of drug-likeness (QED) is 0.418. The summed E-state index contributed by atoms with van der Waals surface area (Å²) in [5, 5.41) is 3.37. The molecule has 1 aliphatic heterocycles. The number of hydrogen-bond donors (Lipinski definition) is 1. The molecular weight excluding hydrogens is 444 g/mol. The van der Waals surface area contributed by atoms with Crippen LogP contribution in [0, 0.1) is 5.82 Å². The number of likely N-dealkylation sites (tertiary alicyclic amines) is 1. The summed E-state index contributed by atoms with van der Waals surface area (Å²) >= 11 is 0. The summed E-state index contributed by atoms with van der Waals surface area (Å²) < 4.78 is 18.2. The molecule has 0 aliphatic carbocycles. The fourth-order valence-electron chi connectivity index (χ4n) is 3.22. The fourth-order valence-corrected chi connectivity index (χ4v) is 3.22. The van der Waals surface area contributed by atoms with Crippen molar-refractivity contribution in [3.8, 4) is 5.75 Å². The Morgan fingerprint density at radius 2 is 1.88 bits per heavy atom. The van der Waals surface area contributed by atoms with Gasteiger partial charge in [0.15, 0.2) is 5.96 Å². The Morgan fingerprint density at radius 3 is 2.50 bits per heavy atom. The van der Waals surface area contributed by atoms with Crippen LogP contribution in [0.3, 0.4) is 0 Å². The fraction of sp³-hybridized carbons (Fsp3) is 0.350. The van der Waals surface area contributed by atoms with Crippen LogP contribution in [0.5, 0.6) is 5.75 Å². The molecule has 2 aromatic rings. The van der Waals surface area contributed by atoms with Crippen LogP contribution in [-0.2, 0) is 6.54 Å². The number of hydrogen-bond acceptors (Lipinski definition) is 2. The summed E-state index contributed by atoms with van der Waals surface area (Å²) in [7, 11) is 3.48. The second kappa shape index (κ2) is 9.75. The first-order chi connectivity index (χ1) is 12.2. The minimum absolute atomic E-state index is 0. The van der Waals surface area contributed by atoms with Gasteiger partial charge in [-0.25, -0.2) is 4.39 Å². The van der Waals surface area contributed by atoms with E-state index in [9.17, 15) is 4.39 Å². The van der Waals surface area contributed by atoms with Crippen molar-refractivity contribution in [2.24, 2.45) is 4.99 Å². The van der Waals surface area contributed by atoms with Gasteiger partial charge in [0.05, 0.1) is 7.11 Å². The van der Waals surface area contributed by atoms with E-state index in [0.717, 1.165) is 36.8 Å². The zero-order valence-corrected chi connectivity index (χ0v) is 17.4. The first kappa shape index (κ1) is 20.5. The molecule has 6 heteroatoms. The zero-order valence-electron chi connectivity index (χ0n) is 15.1. The molecule has 0 saturated carbocycles. The Labute approximate surface area is 171 Å². The average molecular weight is 469 g/mol. The summed E-state index contributed by atoms with van der Waals surface area (Å²) in [4.78, 5) is 6.67. The van der Waals surface area contributed by atoms with Gasteiger partial charge in [0.1, 0.15) is 11.6 Å². The largest absolute Gasteiger partial charge is 0.497 e. The van der Waals surface area contributed by atoms with Gasteiger partial charge >= 0.3 is 0 Å². The summed E-state index contributed by atoms with van der Waals surface area (Å²) in [6, 6.07) is 14.9. The summed E-state index contributed by atoms with van der Waals surface area (Å²) in [5.41, 5.74) is 2.37. The average Bonchev–Trinajstić information content (AvgIpc) is 3.14. The molecule has 1 fully saturated rings. The van der Waals surface area contributed by atoms with Crippen molar-refractivity contribution in [2.45, 2.75) is 18.9 Å². The van der Waals surface area contributed by atoms with E-state index in [4.69, 9.17) is 4.74 Å². The molecule has 2 aromatic carbocycles. The maximum Gasteiger partial charge on any atom is 0.193 e. The van der Waals surface area contributed by atoms with E-state index in [1.54, 1.807) is 26.3 Å². The highest BCUT2D eigenvalue weighted by molar-refractivity contribution is 14.0. The number of methoxy groups -OCH3 is 1. The molecule has 0 radical (unpaired) electrons. The van der Waals surface area contributed by atoms with Crippen LogP contribution in [0.2, 0.25) is 0 Å². The standard InChI is InChI=1S/C20H24FN3O.HI/c1-22-20(23-13-15-3-7-18(21)8-4-15)24-12-11-17(14-24)16-5-9-19(25-2)10-6-16;/h3-10,17H,11-14H2,1-2H3,(H,22,23);1H. The molecule has 1 unspecified atom stereocenters. The Hall–Kier alpha value is -1.83. The lowest BCUT2D eigenvalue weighted by atomic mass is 9.98. The lowest BCUT2D eigenvalue weighted by Gasteiger charge is -2.22. The minimum Gasteiger partial charge on any atom is -0.497 e. The lowest BCUT2D eigenvalue weighted by molar-refractivity contribution is 0.414. The van der Waals surface area contributed by atoms with Gasteiger partial charge < -0.3 is 15.0 Å². The molecule has 0 aromatic heterocycles. The maximum absolute atomic E-state index is 13.0. The topological polar surface area (TPSA) is 36.9 Å². The Morgan fingerprint density at radius 1 is 1.19 bits per heavy atom. The minimum atomic E-state index is -0.213. The smallest absolute Gasteiger partial charge is 0.193 e. The molecule has 1 heterocycles. The second-order valence-electron chi connectivity index (χ2n) is 6.23. The molecule has 1 saturated heterocycles. The first-order valence-corrected chi connectivity index (χ1v) is 8.53. The number of nitrogens with zero attached hydrogens (tertiary/aromatic N) is 2. The summed E-state index contributed by atoms with van der Waals surface area (Å²) in [5.74, 6) is 2.06. The Balaban J connectivity index is 0.00000243. The Bertz CT molecular complexity index is 719. The van der Waals surface area contributed by atoms with Gasteiger partial charge in [0.2, 0.25) is 0 Å². The molecule has 0 bridgehead atoms. The van der Waals surface area contributed by atoms with E-state index < -0.39 is 0 Å². The molecule has 0 amide bonds. The molecule has 140 valence electrons. The van der Waals surface area contributed by atoms with Crippen molar-refractivity contribution in [3.05, 3.63) is 65.5 Å². The number of benzene rings is 2. The molecular formula is C20H25FIN3O. The highest BCUT2D eigenvalue weighted by atomic mass is 127. The molecule has 26 heavy (non-hydrogen) atoms. The van der Waals surface area contributed by atoms with Crippen LogP contribution < -0.4 is 10.1 Å². The van der Waals surface area contributed by atoms with Crippen LogP contribution in [0.25, 0.3) is 0 Å². The van der Waals surface area contributed by atoms with Crippen molar-refractivity contribution in [1.82, 2.24) is 10.2 Å². The monoisotopic (exact) mass is 469 g/mol. The van der Waals surface area contributed by atoms with Gasteiger partial charge in [-0.05, 0) is 41.8 Å². The molecule has 1 N–H and O–H groups in total. The van der Waals surface area contributed by atoms with Gasteiger partial charge in [0.25, 0.3) is 0 Å².